The number of rotatable bonds is 3. The molecule has 24 heavy (non-hydrogen) atoms. The Morgan fingerprint density at radius 2 is 1.42 bits per heavy atom. The van der Waals surface area contributed by atoms with Gasteiger partial charge in [-0.15, -0.1) is 0 Å². The predicted molar refractivity (Wildman–Crippen MR) is 101 cm³/mol. The fraction of sp³-hybridized carbons (Fsp3) is 0.364. The standard InChI is InChI=1S/C22H26N2/c1-3-8-20-18(6-1)11-12-19-7-2-4-9-21(19)22(20)10-5-15-24-16-13-23-14-17-24/h1-4,6-10,23H,5,11-17H2. The van der Waals surface area contributed by atoms with Crippen LogP contribution in [0.25, 0.3) is 5.57 Å². The Morgan fingerprint density at radius 3 is 2.04 bits per heavy atom. The third-order valence-corrected chi connectivity index (χ3v) is 5.28. The van der Waals surface area contributed by atoms with E-state index in [0.29, 0.717) is 0 Å². The van der Waals surface area contributed by atoms with E-state index >= 15 is 0 Å². The SMILES string of the molecule is C(CCN1CCNCC1)=C1c2ccccc2CCc2ccccc21. The number of aryl methyl sites for hydroxylation is 2. The third kappa shape index (κ3) is 3.31. The molecule has 0 spiro atoms. The van der Waals surface area contributed by atoms with Gasteiger partial charge in [-0.25, -0.2) is 0 Å². The van der Waals surface area contributed by atoms with Gasteiger partial charge in [-0.2, -0.15) is 0 Å². The van der Waals surface area contributed by atoms with E-state index in [4.69, 9.17) is 0 Å². The average Bonchev–Trinajstić information content (AvgIpc) is 2.80. The summed E-state index contributed by atoms with van der Waals surface area (Å²) in [5, 5.41) is 3.43. The molecule has 0 saturated carbocycles. The van der Waals surface area contributed by atoms with E-state index in [1.165, 1.54) is 40.9 Å². The van der Waals surface area contributed by atoms with Gasteiger partial charge in [0.2, 0.25) is 0 Å². The second kappa shape index (κ2) is 7.33. The molecule has 0 unspecified atom stereocenters. The summed E-state index contributed by atoms with van der Waals surface area (Å²) in [4.78, 5) is 2.57. The molecule has 0 amide bonds. The maximum atomic E-state index is 3.43. The molecule has 1 N–H and O–H groups in total. The van der Waals surface area contributed by atoms with Gasteiger partial charge in [0, 0.05) is 32.7 Å². The topological polar surface area (TPSA) is 15.3 Å². The molecule has 1 saturated heterocycles. The Labute approximate surface area is 145 Å². The van der Waals surface area contributed by atoms with Crippen LogP contribution in [0.1, 0.15) is 28.7 Å². The van der Waals surface area contributed by atoms with E-state index in [9.17, 15) is 0 Å². The molecule has 2 nitrogen and oxygen atoms in total. The zero-order chi connectivity index (χ0) is 16.2. The molecule has 2 aromatic carbocycles. The van der Waals surface area contributed by atoms with E-state index in [1.54, 1.807) is 0 Å². The number of fused-ring (bicyclic) bond motifs is 2. The minimum atomic E-state index is 1.12. The van der Waals surface area contributed by atoms with Crippen molar-refractivity contribution in [2.45, 2.75) is 19.3 Å². The number of nitrogens with one attached hydrogen (secondary N) is 1. The zero-order valence-corrected chi connectivity index (χ0v) is 14.3. The molecule has 0 atom stereocenters. The summed E-state index contributed by atoms with van der Waals surface area (Å²) in [6, 6.07) is 17.9. The maximum Gasteiger partial charge on any atom is 0.0107 e. The van der Waals surface area contributed by atoms with E-state index in [0.717, 1.165) is 38.9 Å². The summed E-state index contributed by atoms with van der Waals surface area (Å²) in [6.07, 6.45) is 5.88. The van der Waals surface area contributed by atoms with Gasteiger partial charge < -0.3 is 10.2 Å². The van der Waals surface area contributed by atoms with Crippen LogP contribution in [0.3, 0.4) is 0 Å². The van der Waals surface area contributed by atoms with Crippen molar-refractivity contribution in [3.05, 3.63) is 76.9 Å². The van der Waals surface area contributed by atoms with Crippen LogP contribution in [-0.2, 0) is 12.8 Å². The molecule has 2 aromatic rings. The van der Waals surface area contributed by atoms with Gasteiger partial charge in [0.05, 0.1) is 0 Å². The first-order valence-corrected chi connectivity index (χ1v) is 9.21. The molecular formula is C22H26N2. The molecule has 2 heteroatoms. The monoisotopic (exact) mass is 318 g/mol. The Kier molecular flexibility index (Phi) is 4.77. The lowest BCUT2D eigenvalue weighted by Crippen LogP contribution is -2.43. The molecule has 1 fully saturated rings. The Hall–Kier alpha value is -1.90. The lowest BCUT2D eigenvalue weighted by atomic mass is 9.93. The van der Waals surface area contributed by atoms with Gasteiger partial charge in [-0.1, -0.05) is 54.6 Å². The van der Waals surface area contributed by atoms with Gasteiger partial charge in [0.15, 0.2) is 0 Å². The van der Waals surface area contributed by atoms with Crippen molar-refractivity contribution in [1.82, 2.24) is 10.2 Å². The molecule has 1 aliphatic heterocycles. The largest absolute Gasteiger partial charge is 0.314 e. The lowest BCUT2D eigenvalue weighted by molar-refractivity contribution is 0.245. The van der Waals surface area contributed by atoms with Crippen LogP contribution in [0.4, 0.5) is 0 Å². The van der Waals surface area contributed by atoms with Crippen LogP contribution < -0.4 is 5.32 Å². The number of hydrogen-bond donors (Lipinski definition) is 1. The van der Waals surface area contributed by atoms with Crippen molar-refractivity contribution >= 4 is 5.57 Å². The highest BCUT2D eigenvalue weighted by Gasteiger charge is 2.17. The van der Waals surface area contributed by atoms with Crippen LogP contribution in [0.15, 0.2) is 54.6 Å². The number of hydrogen-bond acceptors (Lipinski definition) is 2. The summed E-state index contributed by atoms with van der Waals surface area (Å²) >= 11 is 0. The molecule has 1 heterocycles. The minimum Gasteiger partial charge on any atom is -0.314 e. The van der Waals surface area contributed by atoms with Crippen LogP contribution in [0, 0.1) is 0 Å². The van der Waals surface area contributed by atoms with Crippen LogP contribution in [-0.4, -0.2) is 37.6 Å². The van der Waals surface area contributed by atoms with Crippen molar-refractivity contribution in [2.24, 2.45) is 0 Å². The maximum absolute atomic E-state index is 3.43. The van der Waals surface area contributed by atoms with E-state index in [1.807, 2.05) is 0 Å². The van der Waals surface area contributed by atoms with Gasteiger partial charge in [-0.05, 0) is 47.1 Å². The summed E-state index contributed by atoms with van der Waals surface area (Å²) in [6.45, 7) is 5.77. The lowest BCUT2D eigenvalue weighted by Gasteiger charge is -2.26. The first-order valence-electron chi connectivity index (χ1n) is 9.21. The van der Waals surface area contributed by atoms with Gasteiger partial charge in [0.25, 0.3) is 0 Å². The first kappa shape index (κ1) is 15.6. The second-order valence-electron chi connectivity index (χ2n) is 6.81. The molecular weight excluding hydrogens is 292 g/mol. The van der Waals surface area contributed by atoms with Crippen molar-refractivity contribution in [3.63, 3.8) is 0 Å². The summed E-state index contributed by atoms with van der Waals surface area (Å²) < 4.78 is 0. The van der Waals surface area contributed by atoms with Crippen molar-refractivity contribution in [3.8, 4) is 0 Å². The normalized spacial score (nSPS) is 17.8. The molecule has 1 aliphatic carbocycles. The van der Waals surface area contributed by atoms with E-state index in [-0.39, 0.29) is 0 Å². The Balaban J connectivity index is 1.63. The number of nitrogens with zero attached hydrogens (tertiary/aromatic N) is 1. The highest BCUT2D eigenvalue weighted by atomic mass is 15.2. The molecule has 4 rings (SSSR count). The van der Waals surface area contributed by atoms with Crippen molar-refractivity contribution < 1.29 is 0 Å². The number of piperazine rings is 1. The quantitative estimate of drug-likeness (QED) is 0.931. The van der Waals surface area contributed by atoms with Gasteiger partial charge in [0.1, 0.15) is 0 Å². The third-order valence-electron chi connectivity index (χ3n) is 5.28. The van der Waals surface area contributed by atoms with Crippen LogP contribution >= 0.6 is 0 Å². The highest BCUT2D eigenvalue weighted by Crippen LogP contribution is 2.33. The summed E-state index contributed by atoms with van der Waals surface area (Å²) in [5.74, 6) is 0. The van der Waals surface area contributed by atoms with Gasteiger partial charge in [-0.3, -0.25) is 0 Å². The van der Waals surface area contributed by atoms with Crippen LogP contribution in [0.2, 0.25) is 0 Å². The van der Waals surface area contributed by atoms with Gasteiger partial charge >= 0.3 is 0 Å². The Morgan fingerprint density at radius 1 is 0.833 bits per heavy atom. The first-order chi connectivity index (χ1) is 11.9. The van der Waals surface area contributed by atoms with E-state index in [2.05, 4.69) is 64.8 Å². The van der Waals surface area contributed by atoms with Crippen LogP contribution in [0.5, 0.6) is 0 Å². The summed E-state index contributed by atoms with van der Waals surface area (Å²) in [5.41, 5.74) is 7.28. The zero-order valence-electron chi connectivity index (χ0n) is 14.3. The highest BCUT2D eigenvalue weighted by molar-refractivity contribution is 5.83. The minimum absolute atomic E-state index is 1.12. The number of benzene rings is 2. The average molecular weight is 318 g/mol. The predicted octanol–water partition coefficient (Wildman–Crippen LogP) is 3.51. The fourth-order valence-electron chi connectivity index (χ4n) is 3.96. The molecule has 124 valence electrons. The molecule has 2 aliphatic rings. The fourth-order valence-corrected chi connectivity index (χ4v) is 3.96. The molecule has 0 radical (unpaired) electrons. The molecule has 0 bridgehead atoms. The van der Waals surface area contributed by atoms with Crippen molar-refractivity contribution in [2.75, 3.05) is 32.7 Å². The Bertz CT molecular complexity index is 677. The second-order valence-corrected chi connectivity index (χ2v) is 6.81. The molecule has 0 aromatic heterocycles. The van der Waals surface area contributed by atoms with E-state index < -0.39 is 0 Å². The smallest absolute Gasteiger partial charge is 0.0107 e. The summed E-state index contributed by atoms with van der Waals surface area (Å²) in [7, 11) is 0. The van der Waals surface area contributed by atoms with Crippen molar-refractivity contribution in [1.29, 1.82) is 0 Å².